The van der Waals surface area contributed by atoms with Gasteiger partial charge < -0.3 is 15.2 Å². The van der Waals surface area contributed by atoms with Gasteiger partial charge in [0.1, 0.15) is 0 Å². The van der Waals surface area contributed by atoms with Gasteiger partial charge in [-0.2, -0.15) is 5.10 Å². The van der Waals surface area contributed by atoms with Crippen LogP contribution >= 0.6 is 11.6 Å². The van der Waals surface area contributed by atoms with Crippen LogP contribution in [0.25, 0.3) is 5.69 Å². The molecule has 7 nitrogen and oxygen atoms in total. The number of halogens is 1. The fraction of sp³-hybridized carbons (Fsp3) is 0.389. The molecule has 1 saturated heterocycles. The summed E-state index contributed by atoms with van der Waals surface area (Å²) in [7, 11) is 0. The SMILES string of the molecule is O=C(NCC(C(=O)O)C1CCOCC1)c1cnn(-c2ccc(Cl)cc2)c1. The molecule has 1 aliphatic rings. The number of nitrogens with zero attached hydrogens (tertiary/aromatic N) is 2. The van der Waals surface area contributed by atoms with Crippen LogP contribution in [0.1, 0.15) is 23.2 Å². The van der Waals surface area contributed by atoms with Gasteiger partial charge >= 0.3 is 5.97 Å². The standard InChI is InChI=1S/C18H20ClN3O4/c19-14-1-3-15(4-2-14)22-11-13(9-21-22)17(23)20-10-16(18(24)25)12-5-7-26-8-6-12/h1-4,9,11-12,16H,5-8,10H2,(H,20,23)(H,24,25). The number of hydrogen-bond acceptors (Lipinski definition) is 4. The van der Waals surface area contributed by atoms with Crippen molar-refractivity contribution in [3.8, 4) is 5.69 Å². The van der Waals surface area contributed by atoms with E-state index >= 15 is 0 Å². The van der Waals surface area contributed by atoms with Gasteiger partial charge in [-0.05, 0) is 43.0 Å². The molecule has 1 aliphatic heterocycles. The van der Waals surface area contributed by atoms with Crippen molar-refractivity contribution in [2.24, 2.45) is 11.8 Å². The number of rotatable bonds is 6. The average Bonchev–Trinajstić information content (AvgIpc) is 3.13. The van der Waals surface area contributed by atoms with Crippen molar-refractivity contribution < 1.29 is 19.4 Å². The molecule has 0 spiro atoms. The number of aromatic nitrogens is 2. The number of carboxylic acid groups (broad SMARTS) is 1. The number of nitrogens with one attached hydrogen (secondary N) is 1. The third kappa shape index (κ3) is 4.42. The minimum atomic E-state index is -0.894. The molecule has 1 fully saturated rings. The smallest absolute Gasteiger partial charge is 0.308 e. The molecule has 0 aliphatic carbocycles. The molecule has 138 valence electrons. The summed E-state index contributed by atoms with van der Waals surface area (Å²) < 4.78 is 6.84. The van der Waals surface area contributed by atoms with Gasteiger partial charge in [0.25, 0.3) is 5.91 Å². The first kappa shape index (κ1) is 18.4. The van der Waals surface area contributed by atoms with Crippen LogP contribution in [-0.4, -0.2) is 46.5 Å². The monoisotopic (exact) mass is 377 g/mol. The van der Waals surface area contributed by atoms with Gasteiger partial charge in [0.05, 0.1) is 23.4 Å². The highest BCUT2D eigenvalue weighted by Gasteiger charge is 2.30. The van der Waals surface area contributed by atoms with Gasteiger partial charge in [-0.25, -0.2) is 4.68 Å². The second-order valence-electron chi connectivity index (χ2n) is 6.25. The topological polar surface area (TPSA) is 93.5 Å². The Morgan fingerprint density at radius 2 is 2.00 bits per heavy atom. The van der Waals surface area contributed by atoms with Crippen LogP contribution < -0.4 is 5.32 Å². The normalized spacial score (nSPS) is 16.2. The number of carboxylic acids is 1. The lowest BCUT2D eigenvalue weighted by atomic mass is 9.86. The number of ether oxygens (including phenoxy) is 1. The Kier molecular flexibility index (Phi) is 5.90. The van der Waals surface area contributed by atoms with E-state index in [-0.39, 0.29) is 18.4 Å². The van der Waals surface area contributed by atoms with Crippen LogP contribution in [0.4, 0.5) is 0 Å². The van der Waals surface area contributed by atoms with Crippen molar-refractivity contribution in [1.82, 2.24) is 15.1 Å². The average molecular weight is 378 g/mol. The molecule has 1 unspecified atom stereocenters. The number of aliphatic carboxylic acids is 1. The van der Waals surface area contributed by atoms with Gasteiger partial charge in [-0.1, -0.05) is 11.6 Å². The zero-order chi connectivity index (χ0) is 18.5. The summed E-state index contributed by atoms with van der Waals surface area (Å²) in [6.07, 6.45) is 4.44. The first-order chi connectivity index (χ1) is 12.5. The number of carbonyl (C=O) groups is 2. The number of hydrogen-bond donors (Lipinski definition) is 2. The molecule has 0 saturated carbocycles. The summed E-state index contributed by atoms with van der Waals surface area (Å²) in [6.45, 7) is 1.22. The Balaban J connectivity index is 1.62. The molecule has 26 heavy (non-hydrogen) atoms. The van der Waals surface area contributed by atoms with Crippen molar-refractivity contribution in [2.75, 3.05) is 19.8 Å². The Bertz CT molecular complexity index is 769. The molecule has 1 atom stereocenters. The molecule has 1 aromatic heterocycles. The Labute approximate surface area is 155 Å². The molecule has 2 N–H and O–H groups in total. The predicted molar refractivity (Wildman–Crippen MR) is 95.6 cm³/mol. The van der Waals surface area contributed by atoms with E-state index in [2.05, 4.69) is 10.4 Å². The van der Waals surface area contributed by atoms with E-state index in [0.29, 0.717) is 36.6 Å². The van der Waals surface area contributed by atoms with E-state index in [1.54, 1.807) is 35.1 Å². The van der Waals surface area contributed by atoms with E-state index in [4.69, 9.17) is 16.3 Å². The van der Waals surface area contributed by atoms with Crippen LogP contribution in [0.5, 0.6) is 0 Å². The second kappa shape index (κ2) is 8.33. The van der Waals surface area contributed by atoms with Gasteiger partial charge in [-0.15, -0.1) is 0 Å². The first-order valence-electron chi connectivity index (χ1n) is 8.44. The molecular weight excluding hydrogens is 358 g/mol. The van der Waals surface area contributed by atoms with Crippen molar-refractivity contribution >= 4 is 23.5 Å². The zero-order valence-electron chi connectivity index (χ0n) is 14.1. The van der Waals surface area contributed by atoms with E-state index < -0.39 is 11.9 Å². The highest BCUT2D eigenvalue weighted by molar-refractivity contribution is 6.30. The van der Waals surface area contributed by atoms with E-state index in [0.717, 1.165) is 5.69 Å². The summed E-state index contributed by atoms with van der Waals surface area (Å²) in [6, 6.07) is 7.07. The van der Waals surface area contributed by atoms with Crippen molar-refractivity contribution in [2.45, 2.75) is 12.8 Å². The highest BCUT2D eigenvalue weighted by Crippen LogP contribution is 2.24. The van der Waals surface area contributed by atoms with Crippen LogP contribution in [0.15, 0.2) is 36.7 Å². The lowest BCUT2D eigenvalue weighted by Crippen LogP contribution is -2.38. The summed E-state index contributed by atoms with van der Waals surface area (Å²) in [5.74, 6) is -1.84. The largest absolute Gasteiger partial charge is 0.481 e. The summed E-state index contributed by atoms with van der Waals surface area (Å²) in [5.41, 5.74) is 1.15. The molecule has 1 amide bonds. The zero-order valence-corrected chi connectivity index (χ0v) is 14.9. The minimum absolute atomic E-state index is 0.0124. The molecule has 0 radical (unpaired) electrons. The Morgan fingerprint density at radius 3 is 2.65 bits per heavy atom. The van der Waals surface area contributed by atoms with Crippen molar-refractivity contribution in [1.29, 1.82) is 0 Å². The molecule has 0 bridgehead atoms. The highest BCUT2D eigenvalue weighted by atomic mass is 35.5. The van der Waals surface area contributed by atoms with Gasteiger partial charge in [0, 0.05) is 31.0 Å². The summed E-state index contributed by atoms with van der Waals surface area (Å²) in [5, 5.41) is 17.0. The van der Waals surface area contributed by atoms with Crippen LogP contribution in [0, 0.1) is 11.8 Å². The Morgan fingerprint density at radius 1 is 1.31 bits per heavy atom. The maximum atomic E-state index is 12.4. The molecule has 8 heteroatoms. The fourth-order valence-electron chi connectivity index (χ4n) is 3.05. The van der Waals surface area contributed by atoms with Gasteiger partial charge in [0.2, 0.25) is 0 Å². The van der Waals surface area contributed by atoms with E-state index in [1.807, 2.05) is 0 Å². The maximum Gasteiger partial charge on any atom is 0.308 e. The van der Waals surface area contributed by atoms with Crippen molar-refractivity contribution in [3.63, 3.8) is 0 Å². The van der Waals surface area contributed by atoms with Crippen LogP contribution in [0.2, 0.25) is 5.02 Å². The molecule has 2 heterocycles. The van der Waals surface area contributed by atoms with Gasteiger partial charge in [-0.3, -0.25) is 9.59 Å². The summed E-state index contributed by atoms with van der Waals surface area (Å²) >= 11 is 5.87. The van der Waals surface area contributed by atoms with Gasteiger partial charge in [0.15, 0.2) is 0 Å². The van der Waals surface area contributed by atoms with Crippen LogP contribution in [-0.2, 0) is 9.53 Å². The predicted octanol–water partition coefficient (Wildman–Crippen LogP) is 2.38. The lowest BCUT2D eigenvalue weighted by molar-refractivity contribution is -0.144. The van der Waals surface area contributed by atoms with Crippen molar-refractivity contribution in [3.05, 3.63) is 47.2 Å². The van der Waals surface area contributed by atoms with E-state index in [1.165, 1.54) is 6.20 Å². The third-order valence-electron chi connectivity index (χ3n) is 4.57. The third-order valence-corrected chi connectivity index (χ3v) is 4.82. The second-order valence-corrected chi connectivity index (χ2v) is 6.69. The quantitative estimate of drug-likeness (QED) is 0.806. The van der Waals surface area contributed by atoms with E-state index in [9.17, 15) is 14.7 Å². The molecule has 3 rings (SSSR count). The van der Waals surface area contributed by atoms with Crippen LogP contribution in [0.3, 0.4) is 0 Å². The number of benzene rings is 1. The molecule has 2 aromatic rings. The minimum Gasteiger partial charge on any atom is -0.481 e. The fourth-order valence-corrected chi connectivity index (χ4v) is 3.18. The molecule has 1 aromatic carbocycles. The number of carbonyl (C=O) groups excluding carboxylic acids is 1. The number of amides is 1. The Hall–Kier alpha value is -2.38. The molecular formula is C18H20ClN3O4. The maximum absolute atomic E-state index is 12.4. The lowest BCUT2D eigenvalue weighted by Gasteiger charge is -2.27. The first-order valence-corrected chi connectivity index (χ1v) is 8.82. The summed E-state index contributed by atoms with van der Waals surface area (Å²) in [4.78, 5) is 23.9.